The van der Waals surface area contributed by atoms with E-state index in [9.17, 15) is 22.8 Å². The molecule has 0 saturated heterocycles. The topological polar surface area (TPSA) is 105 Å². The Kier molecular flexibility index (Phi) is 7.72. The first-order chi connectivity index (χ1) is 14.4. The van der Waals surface area contributed by atoms with Crippen LogP contribution in [0.5, 0.6) is 5.88 Å². The zero-order chi connectivity index (χ0) is 23.2. The molecule has 0 aliphatic rings. The first-order valence-electron chi connectivity index (χ1n) is 9.18. The molecule has 0 bridgehead atoms. The second-order valence-electron chi connectivity index (χ2n) is 6.98. The van der Waals surface area contributed by atoms with Gasteiger partial charge < -0.3 is 14.2 Å². The van der Waals surface area contributed by atoms with Crippen LogP contribution < -0.4 is 4.74 Å². The highest BCUT2D eigenvalue weighted by Crippen LogP contribution is 2.32. The normalized spacial score (nSPS) is 11.9. The second kappa shape index (κ2) is 10.0. The van der Waals surface area contributed by atoms with Crippen LogP contribution in [0.4, 0.5) is 18.0 Å². The summed E-state index contributed by atoms with van der Waals surface area (Å²) in [6.45, 7) is 7.02. The van der Waals surface area contributed by atoms with Crippen LogP contribution in [-0.2, 0) is 20.4 Å². The van der Waals surface area contributed by atoms with Crippen molar-refractivity contribution in [2.75, 3.05) is 6.61 Å². The molecule has 12 heteroatoms. The molecule has 0 unspecified atom stereocenters. The van der Waals surface area contributed by atoms with Crippen molar-refractivity contribution in [1.29, 1.82) is 0 Å². The smallest absolute Gasteiger partial charge is 0.475 e. The number of hydrogen-bond donors (Lipinski definition) is 0. The summed E-state index contributed by atoms with van der Waals surface area (Å²) < 4.78 is 54.9. The first kappa shape index (κ1) is 23.8. The van der Waals surface area contributed by atoms with Gasteiger partial charge in [0.15, 0.2) is 5.82 Å². The third kappa shape index (κ3) is 7.72. The highest BCUT2D eigenvalue weighted by Gasteiger charge is 2.34. The fourth-order valence-corrected chi connectivity index (χ4v) is 2.08. The van der Waals surface area contributed by atoms with Gasteiger partial charge in [0.1, 0.15) is 12.0 Å². The molecule has 0 aliphatic heterocycles. The lowest BCUT2D eigenvalue weighted by atomic mass is 10.2. The van der Waals surface area contributed by atoms with Gasteiger partial charge in [-0.25, -0.2) is 24.2 Å². The number of alkyl halides is 3. The van der Waals surface area contributed by atoms with Gasteiger partial charge in [-0.3, -0.25) is 0 Å². The molecule has 0 spiro atoms. The van der Waals surface area contributed by atoms with Gasteiger partial charge in [0.05, 0.1) is 12.7 Å². The molecule has 0 aliphatic carbocycles. The van der Waals surface area contributed by atoms with Gasteiger partial charge in [-0.1, -0.05) is 13.8 Å². The highest BCUT2D eigenvalue weighted by molar-refractivity contribution is 5.91. The van der Waals surface area contributed by atoms with Crippen molar-refractivity contribution >= 4 is 18.3 Å². The Bertz CT molecular complexity index is 954. The zero-order valence-electron chi connectivity index (χ0n) is 17.2. The molecule has 0 atom stereocenters. The Morgan fingerprint density at radius 3 is 2.52 bits per heavy atom. The third-order valence-corrected chi connectivity index (χ3v) is 3.30. The van der Waals surface area contributed by atoms with Crippen LogP contribution in [0.1, 0.15) is 33.4 Å². The van der Waals surface area contributed by atoms with E-state index in [4.69, 9.17) is 9.47 Å². The monoisotopic (exact) mass is 442 g/mol. The minimum Gasteiger partial charge on any atom is -0.475 e. The molecular formula is C19H21F3N4O5. The quantitative estimate of drug-likeness (QED) is 0.361. The van der Waals surface area contributed by atoms with Crippen molar-refractivity contribution in [2.24, 2.45) is 5.92 Å². The Morgan fingerprint density at radius 1 is 1.19 bits per heavy atom. The summed E-state index contributed by atoms with van der Waals surface area (Å²) >= 11 is 0. The second-order valence-corrected chi connectivity index (χ2v) is 6.98. The average molecular weight is 442 g/mol. The summed E-state index contributed by atoms with van der Waals surface area (Å²) in [6, 6.07) is 2.06. The molecule has 0 saturated carbocycles. The largest absolute Gasteiger partial charge is 0.516 e. The molecule has 9 nitrogen and oxygen atoms in total. The number of carbonyl (C=O) groups excluding carboxylic acids is 2. The zero-order valence-corrected chi connectivity index (χ0v) is 17.2. The van der Waals surface area contributed by atoms with Crippen LogP contribution in [0.2, 0.25) is 0 Å². The van der Waals surface area contributed by atoms with E-state index in [2.05, 4.69) is 19.8 Å². The molecule has 2 aromatic heterocycles. The summed E-state index contributed by atoms with van der Waals surface area (Å²) in [7, 11) is 0. The van der Waals surface area contributed by atoms with Crippen molar-refractivity contribution < 1.29 is 37.0 Å². The summed E-state index contributed by atoms with van der Waals surface area (Å²) in [5.74, 6) is -1.22. The van der Waals surface area contributed by atoms with Crippen molar-refractivity contribution in [3.8, 4) is 17.3 Å². The molecule has 0 fully saturated rings. The third-order valence-electron chi connectivity index (χ3n) is 3.30. The number of hydrogen-bond acceptors (Lipinski definition) is 8. The van der Waals surface area contributed by atoms with Crippen molar-refractivity contribution in [2.45, 2.75) is 40.0 Å². The lowest BCUT2D eigenvalue weighted by Gasteiger charge is -2.12. The van der Waals surface area contributed by atoms with E-state index in [1.807, 2.05) is 13.8 Å². The van der Waals surface area contributed by atoms with Gasteiger partial charge in [0.25, 0.3) is 0 Å². The predicted octanol–water partition coefficient (Wildman–Crippen LogP) is 3.95. The number of nitrogens with zero attached hydrogens (tertiary/aromatic N) is 4. The lowest BCUT2D eigenvalue weighted by Crippen LogP contribution is -2.14. The van der Waals surface area contributed by atoms with Crippen molar-refractivity contribution in [1.82, 2.24) is 19.7 Å². The van der Waals surface area contributed by atoms with E-state index in [0.717, 1.165) is 29.4 Å². The van der Waals surface area contributed by atoms with Crippen LogP contribution >= 0.6 is 0 Å². The van der Waals surface area contributed by atoms with Crippen LogP contribution in [0.25, 0.3) is 17.6 Å². The SMILES string of the molecule is CC(C)COC(=O)OC(=O)C=Cn1cnc(-c2cc(OC(C)C)nc(C(F)(F)F)c2)n1. The standard InChI is InChI=1S/C19H21F3N4O5/c1-11(2)9-29-18(28)31-16(27)5-6-26-10-23-17(25-26)13-7-14(19(20,21)22)24-15(8-13)30-12(3)4/h5-8,10-12H,9H2,1-4H3. The molecule has 0 radical (unpaired) electrons. The van der Waals surface area contributed by atoms with Crippen LogP contribution in [0.15, 0.2) is 24.5 Å². The fraction of sp³-hybridized carbons (Fsp3) is 0.421. The van der Waals surface area contributed by atoms with E-state index in [1.165, 1.54) is 6.07 Å². The molecule has 0 amide bonds. The van der Waals surface area contributed by atoms with Crippen LogP contribution in [0.3, 0.4) is 0 Å². The minimum atomic E-state index is -4.69. The van der Waals surface area contributed by atoms with Gasteiger partial charge in [-0.2, -0.15) is 13.2 Å². The molecule has 168 valence electrons. The predicted molar refractivity (Wildman–Crippen MR) is 102 cm³/mol. The lowest BCUT2D eigenvalue weighted by molar-refractivity contribution is -0.141. The van der Waals surface area contributed by atoms with Gasteiger partial charge in [-0.05, 0) is 25.8 Å². The summed E-state index contributed by atoms with van der Waals surface area (Å²) in [4.78, 5) is 30.4. The number of ether oxygens (including phenoxy) is 3. The van der Waals surface area contributed by atoms with Gasteiger partial charge >= 0.3 is 18.3 Å². The van der Waals surface area contributed by atoms with Crippen LogP contribution in [-0.4, -0.2) is 44.6 Å². The summed E-state index contributed by atoms with van der Waals surface area (Å²) in [6.07, 6.45) is -3.07. The summed E-state index contributed by atoms with van der Waals surface area (Å²) in [5, 5.41) is 3.98. The number of aromatic nitrogens is 4. The summed E-state index contributed by atoms with van der Waals surface area (Å²) in [5.41, 5.74) is -1.14. The Balaban J connectivity index is 2.15. The maximum Gasteiger partial charge on any atom is 0.516 e. The van der Waals surface area contributed by atoms with Crippen molar-refractivity contribution in [3.05, 3.63) is 30.2 Å². The van der Waals surface area contributed by atoms with E-state index >= 15 is 0 Å². The van der Waals surface area contributed by atoms with E-state index in [-0.39, 0.29) is 29.8 Å². The molecule has 2 heterocycles. The van der Waals surface area contributed by atoms with Crippen molar-refractivity contribution in [3.63, 3.8) is 0 Å². The number of carbonyl (C=O) groups is 2. The maximum absolute atomic E-state index is 13.2. The van der Waals surface area contributed by atoms with Gasteiger partial charge in [-0.15, -0.1) is 5.10 Å². The molecule has 31 heavy (non-hydrogen) atoms. The Hall–Kier alpha value is -3.44. The number of esters is 1. The molecule has 0 aromatic carbocycles. The highest BCUT2D eigenvalue weighted by atomic mass is 19.4. The molecule has 2 aromatic rings. The first-order valence-corrected chi connectivity index (χ1v) is 9.18. The number of pyridine rings is 1. The number of rotatable bonds is 7. The molecular weight excluding hydrogens is 421 g/mol. The Morgan fingerprint density at radius 2 is 1.90 bits per heavy atom. The van der Waals surface area contributed by atoms with E-state index in [0.29, 0.717) is 0 Å². The van der Waals surface area contributed by atoms with E-state index < -0.39 is 30.1 Å². The van der Waals surface area contributed by atoms with Gasteiger partial charge in [0.2, 0.25) is 5.88 Å². The maximum atomic E-state index is 13.2. The minimum absolute atomic E-state index is 0.0185. The number of halogens is 3. The van der Waals surface area contributed by atoms with E-state index in [1.54, 1.807) is 13.8 Å². The fourth-order valence-electron chi connectivity index (χ4n) is 2.08. The molecule has 2 rings (SSSR count). The van der Waals surface area contributed by atoms with Gasteiger partial charge in [0, 0.05) is 23.9 Å². The Labute approximate surface area is 175 Å². The van der Waals surface area contributed by atoms with Crippen LogP contribution in [0, 0.1) is 5.92 Å². The molecule has 0 N–H and O–H groups in total. The average Bonchev–Trinajstić information content (AvgIpc) is 3.12.